The Morgan fingerprint density at radius 3 is 2.74 bits per heavy atom. The van der Waals surface area contributed by atoms with Crippen molar-refractivity contribution < 1.29 is 9.90 Å². The number of carbonyl (C=O) groups excluding carboxylic acids is 1. The van der Waals surface area contributed by atoms with Gasteiger partial charge in [0.15, 0.2) is 0 Å². The molecule has 1 aromatic carbocycles. The Morgan fingerprint density at radius 1 is 1.10 bits per heavy atom. The number of aryl methyl sites for hydroxylation is 1. The monoisotopic (exact) mass is 584 g/mol. The molecule has 2 bridgehead atoms. The largest absolute Gasteiger partial charge is 0.395 e. The zero-order chi connectivity index (χ0) is 28.8. The number of aliphatic hydroxyl groups excluding tert-OH is 1. The average molecular weight is 585 g/mol. The average Bonchev–Trinajstić information content (AvgIpc) is 3.80. The maximum absolute atomic E-state index is 13.2. The molecule has 0 radical (unpaired) electrons. The van der Waals surface area contributed by atoms with Gasteiger partial charge in [0.25, 0.3) is 5.91 Å². The fraction of sp³-hybridized carbons (Fsp3) is 0.452. The molecule has 7 rings (SSSR count). The molecule has 4 aromatic rings. The number of thiazole rings is 1. The number of hydrogen-bond acceptors (Lipinski definition) is 10. The highest BCUT2D eigenvalue weighted by Gasteiger charge is 2.44. The lowest BCUT2D eigenvalue weighted by Gasteiger charge is -2.34. The highest BCUT2D eigenvalue weighted by molar-refractivity contribution is 7.21. The van der Waals surface area contributed by atoms with Crippen LogP contribution in [0.15, 0.2) is 42.6 Å². The predicted molar refractivity (Wildman–Crippen MR) is 165 cm³/mol. The van der Waals surface area contributed by atoms with Crippen molar-refractivity contribution in [3.8, 4) is 10.6 Å². The van der Waals surface area contributed by atoms with Crippen LogP contribution in [0, 0.1) is 6.92 Å². The predicted octanol–water partition coefficient (Wildman–Crippen LogP) is 4.47. The van der Waals surface area contributed by atoms with Gasteiger partial charge in [-0.2, -0.15) is 4.98 Å². The summed E-state index contributed by atoms with van der Waals surface area (Å²) < 4.78 is 0.982. The van der Waals surface area contributed by atoms with Gasteiger partial charge in [0.2, 0.25) is 5.95 Å². The Morgan fingerprint density at radius 2 is 1.95 bits per heavy atom. The molecule has 5 heterocycles. The van der Waals surface area contributed by atoms with Crippen molar-refractivity contribution in [1.29, 1.82) is 0 Å². The molecule has 2 atom stereocenters. The molecular weight excluding hydrogens is 548 g/mol. The first-order valence-corrected chi connectivity index (χ1v) is 15.7. The smallest absolute Gasteiger partial charge is 0.253 e. The maximum Gasteiger partial charge on any atom is 0.253 e. The first-order chi connectivity index (χ1) is 20.4. The van der Waals surface area contributed by atoms with Crippen molar-refractivity contribution in [2.75, 3.05) is 43.5 Å². The number of hydrogen-bond donors (Lipinski definition) is 2. The molecule has 42 heavy (non-hydrogen) atoms. The number of fused-ring (bicyclic) bond motifs is 3. The molecule has 11 heteroatoms. The molecule has 10 nitrogen and oxygen atoms in total. The number of aliphatic hydroxyl groups is 1. The summed E-state index contributed by atoms with van der Waals surface area (Å²) in [4.78, 5) is 38.9. The minimum Gasteiger partial charge on any atom is -0.395 e. The number of benzene rings is 1. The number of rotatable bonds is 8. The fourth-order valence-electron chi connectivity index (χ4n) is 6.75. The molecule has 2 N–H and O–H groups in total. The second-order valence-electron chi connectivity index (χ2n) is 11.7. The Kier molecular flexibility index (Phi) is 7.25. The van der Waals surface area contributed by atoms with Crippen molar-refractivity contribution in [2.24, 2.45) is 0 Å². The van der Waals surface area contributed by atoms with Gasteiger partial charge in [-0.15, -0.1) is 11.3 Å². The topological polar surface area (TPSA) is 111 Å². The summed E-state index contributed by atoms with van der Waals surface area (Å²) in [6, 6.07) is 12.8. The van der Waals surface area contributed by atoms with E-state index in [1.54, 1.807) is 11.3 Å². The van der Waals surface area contributed by atoms with Gasteiger partial charge in [-0.25, -0.2) is 15.0 Å². The van der Waals surface area contributed by atoms with Gasteiger partial charge in [-0.3, -0.25) is 9.69 Å². The van der Waals surface area contributed by atoms with Gasteiger partial charge in [0.1, 0.15) is 16.6 Å². The Hall–Kier alpha value is -3.67. The van der Waals surface area contributed by atoms with Crippen LogP contribution in [0.2, 0.25) is 0 Å². The summed E-state index contributed by atoms with van der Waals surface area (Å²) in [7, 11) is 1.92. The van der Waals surface area contributed by atoms with E-state index in [1.165, 1.54) is 12.8 Å². The van der Waals surface area contributed by atoms with E-state index >= 15 is 0 Å². The van der Waals surface area contributed by atoms with Crippen molar-refractivity contribution in [3.05, 3.63) is 53.9 Å². The molecule has 1 aliphatic carbocycles. The molecule has 2 saturated heterocycles. The second kappa shape index (κ2) is 11.2. The van der Waals surface area contributed by atoms with Gasteiger partial charge >= 0.3 is 0 Å². The molecule has 0 spiro atoms. The molecule has 2 aliphatic heterocycles. The number of carbonyl (C=O) groups is 1. The number of amides is 1. The molecular formula is C31H36N8O2S. The Labute approximate surface area is 249 Å². The normalized spacial score (nSPS) is 20.6. The van der Waals surface area contributed by atoms with Crippen LogP contribution in [0.1, 0.15) is 48.2 Å². The van der Waals surface area contributed by atoms with Crippen LogP contribution in [-0.4, -0.2) is 92.2 Å². The minimum absolute atomic E-state index is 0.0711. The van der Waals surface area contributed by atoms with Crippen LogP contribution >= 0.6 is 11.3 Å². The SMILES string of the molecule is Cc1cc(Nc2cc3nc(-c4cccc(C(=O)N(C)C5CCCC5)c4)sc3cn2)nc(N2C[C@@H]3C[C@H]2CN3CCO)n1. The molecule has 0 unspecified atom stereocenters. The highest BCUT2D eigenvalue weighted by atomic mass is 32.1. The van der Waals surface area contributed by atoms with E-state index in [9.17, 15) is 9.90 Å². The number of piperazine rings is 1. The Balaban J connectivity index is 1.08. The van der Waals surface area contributed by atoms with Crippen molar-refractivity contribution in [3.63, 3.8) is 0 Å². The van der Waals surface area contributed by atoms with Gasteiger partial charge in [-0.05, 0) is 38.3 Å². The molecule has 3 fully saturated rings. The fourth-order valence-corrected chi connectivity index (χ4v) is 7.66. The van der Waals surface area contributed by atoms with Crippen molar-refractivity contribution in [2.45, 2.75) is 57.2 Å². The maximum atomic E-state index is 13.2. The number of nitrogens with zero attached hydrogens (tertiary/aromatic N) is 7. The highest BCUT2D eigenvalue weighted by Crippen LogP contribution is 2.35. The standard InChI is InChI=1S/C31H36N8O2S/c1-19-12-28(36-31(33-19)39-18-23-14-24(39)17-38(23)10-11-40)35-27-15-25-26(16-32-27)42-29(34-25)20-6-5-7-21(13-20)30(41)37(2)22-8-3-4-9-22/h5-7,12-13,15-16,22-24,40H,3-4,8-11,14,17-18H2,1-2H3,(H,32,33,35,36)/t23-,24-/m0/s1. The van der Waals surface area contributed by atoms with Crippen LogP contribution in [0.3, 0.4) is 0 Å². The van der Waals surface area contributed by atoms with E-state index in [4.69, 9.17) is 15.0 Å². The van der Waals surface area contributed by atoms with E-state index in [0.717, 1.165) is 71.3 Å². The minimum atomic E-state index is 0.0711. The summed E-state index contributed by atoms with van der Waals surface area (Å²) in [5.74, 6) is 2.18. The lowest BCUT2D eigenvalue weighted by molar-refractivity contribution is 0.0735. The van der Waals surface area contributed by atoms with Crippen LogP contribution < -0.4 is 10.2 Å². The quantitative estimate of drug-likeness (QED) is 0.310. The summed E-state index contributed by atoms with van der Waals surface area (Å²) in [6.45, 7) is 4.72. The number of nitrogens with one attached hydrogen (secondary N) is 1. The van der Waals surface area contributed by atoms with Crippen LogP contribution in [0.5, 0.6) is 0 Å². The van der Waals surface area contributed by atoms with Gasteiger partial charge in [0, 0.05) is 80.0 Å². The van der Waals surface area contributed by atoms with Gasteiger partial charge in [-0.1, -0.05) is 25.0 Å². The van der Waals surface area contributed by atoms with Crippen LogP contribution in [-0.2, 0) is 0 Å². The number of pyridine rings is 1. The summed E-state index contributed by atoms with van der Waals surface area (Å²) >= 11 is 1.57. The Bertz CT molecular complexity index is 1620. The van der Waals surface area contributed by atoms with E-state index in [0.29, 0.717) is 35.3 Å². The number of aromatic nitrogens is 4. The first-order valence-electron chi connectivity index (χ1n) is 14.8. The zero-order valence-electron chi connectivity index (χ0n) is 24.0. The number of likely N-dealkylation sites (tertiary alicyclic amines) is 1. The van der Waals surface area contributed by atoms with E-state index in [2.05, 4.69) is 20.1 Å². The van der Waals surface area contributed by atoms with Crippen molar-refractivity contribution >= 4 is 45.0 Å². The summed E-state index contributed by atoms with van der Waals surface area (Å²) in [5, 5.41) is 13.6. The van der Waals surface area contributed by atoms with Crippen LogP contribution in [0.25, 0.3) is 20.8 Å². The second-order valence-corrected chi connectivity index (χ2v) is 12.8. The van der Waals surface area contributed by atoms with Crippen LogP contribution in [0.4, 0.5) is 17.6 Å². The number of anilines is 3. The van der Waals surface area contributed by atoms with Gasteiger partial charge in [0.05, 0.1) is 16.8 Å². The lowest BCUT2D eigenvalue weighted by atomic mass is 10.1. The van der Waals surface area contributed by atoms with E-state index in [-0.39, 0.29) is 12.5 Å². The summed E-state index contributed by atoms with van der Waals surface area (Å²) in [5.41, 5.74) is 3.37. The molecule has 218 valence electrons. The number of β-amino-alcohol motifs (C(OH)–C–C–N with tert-alkyl or cyclic N) is 1. The van der Waals surface area contributed by atoms with E-state index in [1.807, 2.05) is 61.5 Å². The summed E-state index contributed by atoms with van der Waals surface area (Å²) in [6.07, 6.45) is 7.48. The molecule has 3 aliphatic rings. The zero-order valence-corrected chi connectivity index (χ0v) is 24.8. The molecule has 1 saturated carbocycles. The third-order valence-electron chi connectivity index (χ3n) is 8.92. The molecule has 3 aromatic heterocycles. The van der Waals surface area contributed by atoms with Gasteiger partial charge < -0.3 is 20.2 Å². The van der Waals surface area contributed by atoms with Crippen molar-refractivity contribution in [1.82, 2.24) is 29.7 Å². The first kappa shape index (κ1) is 27.2. The third-order valence-corrected chi connectivity index (χ3v) is 9.98. The van der Waals surface area contributed by atoms with E-state index < -0.39 is 0 Å². The third kappa shape index (κ3) is 5.21. The lowest BCUT2D eigenvalue weighted by Crippen LogP contribution is -2.47. The molecule has 1 amide bonds.